The van der Waals surface area contributed by atoms with E-state index in [1.807, 2.05) is 25.0 Å². The van der Waals surface area contributed by atoms with E-state index in [9.17, 15) is 0 Å². The molecular weight excluding hydrogens is 242 g/mol. The highest BCUT2D eigenvalue weighted by Crippen LogP contribution is 2.27. The molecular formula is C14H23N3S. The van der Waals surface area contributed by atoms with Crippen LogP contribution in [0.3, 0.4) is 0 Å². The molecule has 3 nitrogen and oxygen atoms in total. The van der Waals surface area contributed by atoms with Crippen LogP contribution in [0.2, 0.25) is 0 Å². The first kappa shape index (κ1) is 13.8. The second kappa shape index (κ2) is 6.53. The summed E-state index contributed by atoms with van der Waals surface area (Å²) in [5.74, 6) is 1.92. The zero-order chi connectivity index (χ0) is 13.0. The first-order valence-electron chi connectivity index (χ1n) is 6.84. The van der Waals surface area contributed by atoms with Crippen molar-refractivity contribution in [3.05, 3.63) is 23.3 Å². The van der Waals surface area contributed by atoms with E-state index in [4.69, 9.17) is 4.98 Å². The molecule has 0 radical (unpaired) electrons. The van der Waals surface area contributed by atoms with Gasteiger partial charge in [0.15, 0.2) is 0 Å². The Labute approximate surface area is 114 Å². The normalized spacial score (nSPS) is 19.7. The van der Waals surface area contributed by atoms with E-state index in [0.29, 0.717) is 11.3 Å². The molecule has 18 heavy (non-hydrogen) atoms. The van der Waals surface area contributed by atoms with E-state index in [1.165, 1.54) is 30.5 Å². The summed E-state index contributed by atoms with van der Waals surface area (Å²) in [5.41, 5.74) is 2.58. The van der Waals surface area contributed by atoms with E-state index < -0.39 is 0 Å². The van der Waals surface area contributed by atoms with Crippen LogP contribution in [0, 0.1) is 0 Å². The molecule has 0 fully saturated rings. The van der Waals surface area contributed by atoms with Crippen LogP contribution in [0.4, 0.5) is 0 Å². The summed E-state index contributed by atoms with van der Waals surface area (Å²) in [6.07, 6.45) is 6.88. The Bertz CT molecular complexity index is 393. The van der Waals surface area contributed by atoms with Gasteiger partial charge in [0.05, 0.1) is 5.75 Å². The zero-order valence-corrected chi connectivity index (χ0v) is 12.4. The summed E-state index contributed by atoms with van der Waals surface area (Å²) in [7, 11) is 2.03. The first-order chi connectivity index (χ1) is 8.70. The van der Waals surface area contributed by atoms with Crippen molar-refractivity contribution < 1.29 is 0 Å². The smallest absolute Gasteiger partial charge is 0.138 e. The number of rotatable bonds is 4. The fourth-order valence-corrected chi connectivity index (χ4v) is 2.99. The molecule has 0 aliphatic heterocycles. The quantitative estimate of drug-likeness (QED) is 0.849. The monoisotopic (exact) mass is 265 g/mol. The molecule has 0 aromatic carbocycles. The van der Waals surface area contributed by atoms with Gasteiger partial charge >= 0.3 is 0 Å². The Morgan fingerprint density at radius 2 is 2.28 bits per heavy atom. The Kier molecular flexibility index (Phi) is 5.01. The number of nitrogens with one attached hydrogen (secondary N) is 1. The fraction of sp³-hybridized carbons (Fsp3) is 0.714. The first-order valence-corrected chi connectivity index (χ1v) is 7.89. The van der Waals surface area contributed by atoms with Gasteiger partial charge in [0.25, 0.3) is 0 Å². The van der Waals surface area contributed by atoms with Gasteiger partial charge in [-0.3, -0.25) is 0 Å². The SMILES string of the molecule is CNC1CCCCc2nc(CSC(C)C)ncc21. The van der Waals surface area contributed by atoms with E-state index in [2.05, 4.69) is 24.1 Å². The van der Waals surface area contributed by atoms with Gasteiger partial charge in [0.1, 0.15) is 5.82 Å². The maximum absolute atomic E-state index is 4.77. The lowest BCUT2D eigenvalue weighted by Crippen LogP contribution is -2.18. The Hall–Kier alpha value is -0.610. The summed E-state index contributed by atoms with van der Waals surface area (Å²) in [4.78, 5) is 9.30. The number of hydrogen-bond donors (Lipinski definition) is 1. The molecule has 1 aromatic rings. The standard InChI is InChI=1S/C14H23N3S/c1-10(2)18-9-14-16-8-11-12(15-3)6-4-5-7-13(11)17-14/h8,10,12,15H,4-7,9H2,1-3H3. The highest BCUT2D eigenvalue weighted by Gasteiger charge is 2.19. The third kappa shape index (κ3) is 3.45. The molecule has 0 saturated heterocycles. The number of fused-ring (bicyclic) bond motifs is 1. The molecule has 4 heteroatoms. The zero-order valence-electron chi connectivity index (χ0n) is 11.6. The minimum Gasteiger partial charge on any atom is -0.313 e. The molecule has 1 aromatic heterocycles. The highest BCUT2D eigenvalue weighted by atomic mass is 32.2. The van der Waals surface area contributed by atoms with Gasteiger partial charge in [-0.05, 0) is 31.6 Å². The fourth-order valence-electron chi connectivity index (χ4n) is 2.37. The number of thioether (sulfide) groups is 1. The third-order valence-corrected chi connectivity index (χ3v) is 4.47. The molecule has 1 aliphatic rings. The van der Waals surface area contributed by atoms with Gasteiger partial charge < -0.3 is 5.32 Å². The molecule has 0 amide bonds. The maximum Gasteiger partial charge on any atom is 0.138 e. The van der Waals surface area contributed by atoms with E-state index in [1.54, 1.807) is 0 Å². The summed E-state index contributed by atoms with van der Waals surface area (Å²) < 4.78 is 0. The highest BCUT2D eigenvalue weighted by molar-refractivity contribution is 7.99. The van der Waals surface area contributed by atoms with Crippen molar-refractivity contribution in [2.45, 2.75) is 56.6 Å². The van der Waals surface area contributed by atoms with Crippen LogP contribution in [-0.4, -0.2) is 22.3 Å². The number of nitrogens with zero attached hydrogens (tertiary/aromatic N) is 2. The van der Waals surface area contributed by atoms with Gasteiger partial charge in [-0.25, -0.2) is 9.97 Å². The van der Waals surface area contributed by atoms with Crippen LogP contribution in [0.15, 0.2) is 6.20 Å². The van der Waals surface area contributed by atoms with Gasteiger partial charge in [0, 0.05) is 23.5 Å². The van der Waals surface area contributed by atoms with Gasteiger partial charge in [-0.15, -0.1) is 0 Å². The van der Waals surface area contributed by atoms with Gasteiger partial charge in [-0.1, -0.05) is 20.3 Å². The third-order valence-electron chi connectivity index (χ3n) is 3.38. The minimum absolute atomic E-state index is 0.439. The average molecular weight is 265 g/mol. The van der Waals surface area contributed by atoms with Gasteiger partial charge in [-0.2, -0.15) is 11.8 Å². The molecule has 1 atom stereocenters. The molecule has 2 rings (SSSR count). The van der Waals surface area contributed by atoms with Crippen LogP contribution in [-0.2, 0) is 12.2 Å². The van der Waals surface area contributed by atoms with Crippen molar-refractivity contribution in [3.8, 4) is 0 Å². The predicted molar refractivity (Wildman–Crippen MR) is 77.8 cm³/mol. The van der Waals surface area contributed by atoms with Crippen LogP contribution in [0.5, 0.6) is 0 Å². The summed E-state index contributed by atoms with van der Waals surface area (Å²) >= 11 is 1.91. The Morgan fingerprint density at radius 1 is 1.44 bits per heavy atom. The van der Waals surface area contributed by atoms with E-state index in [-0.39, 0.29) is 0 Å². The molecule has 1 unspecified atom stereocenters. The summed E-state index contributed by atoms with van der Waals surface area (Å²) in [6, 6.07) is 0.439. The molecule has 0 bridgehead atoms. The van der Waals surface area contributed by atoms with Crippen molar-refractivity contribution in [2.75, 3.05) is 7.05 Å². The van der Waals surface area contributed by atoms with Crippen molar-refractivity contribution in [1.82, 2.24) is 15.3 Å². The summed E-state index contributed by atoms with van der Waals surface area (Å²) in [6.45, 7) is 4.43. The Morgan fingerprint density at radius 3 is 3.00 bits per heavy atom. The lowest BCUT2D eigenvalue weighted by atomic mass is 10.1. The Balaban J connectivity index is 2.17. The van der Waals surface area contributed by atoms with Gasteiger partial charge in [0.2, 0.25) is 0 Å². The topological polar surface area (TPSA) is 37.8 Å². The molecule has 100 valence electrons. The van der Waals surface area contributed by atoms with Crippen molar-refractivity contribution in [1.29, 1.82) is 0 Å². The van der Waals surface area contributed by atoms with Crippen molar-refractivity contribution in [2.24, 2.45) is 0 Å². The lowest BCUT2D eigenvalue weighted by Gasteiger charge is -2.16. The number of aromatic nitrogens is 2. The molecule has 1 N–H and O–H groups in total. The lowest BCUT2D eigenvalue weighted by molar-refractivity contribution is 0.531. The van der Waals surface area contributed by atoms with Crippen LogP contribution in [0.1, 0.15) is 56.2 Å². The van der Waals surface area contributed by atoms with E-state index in [0.717, 1.165) is 18.0 Å². The van der Waals surface area contributed by atoms with Crippen LogP contribution < -0.4 is 5.32 Å². The molecule has 0 saturated carbocycles. The summed E-state index contributed by atoms with van der Waals surface area (Å²) in [5, 5.41) is 4.02. The maximum atomic E-state index is 4.77. The van der Waals surface area contributed by atoms with E-state index >= 15 is 0 Å². The van der Waals surface area contributed by atoms with Crippen molar-refractivity contribution >= 4 is 11.8 Å². The minimum atomic E-state index is 0.439. The second-order valence-corrected chi connectivity index (χ2v) is 6.70. The molecule has 1 aliphatic carbocycles. The van der Waals surface area contributed by atoms with Crippen LogP contribution in [0.25, 0.3) is 0 Å². The molecule has 0 spiro atoms. The molecule has 1 heterocycles. The average Bonchev–Trinajstić information content (AvgIpc) is 2.57. The largest absolute Gasteiger partial charge is 0.313 e. The van der Waals surface area contributed by atoms with Crippen LogP contribution >= 0.6 is 11.8 Å². The number of hydrogen-bond acceptors (Lipinski definition) is 4. The second-order valence-electron chi connectivity index (χ2n) is 5.14. The predicted octanol–water partition coefficient (Wildman–Crippen LogP) is 3.11. The van der Waals surface area contributed by atoms with Crippen molar-refractivity contribution in [3.63, 3.8) is 0 Å². The number of aryl methyl sites for hydroxylation is 1.